The second kappa shape index (κ2) is 20.5. The summed E-state index contributed by atoms with van der Waals surface area (Å²) in [6.45, 7) is 13.4. The highest BCUT2D eigenvalue weighted by Gasteiger charge is 2.56. The van der Waals surface area contributed by atoms with Gasteiger partial charge in [0.25, 0.3) is 0 Å². The minimum absolute atomic E-state index is 0.0287. The number of nitrogens with one attached hydrogen (secondary N) is 1. The van der Waals surface area contributed by atoms with Gasteiger partial charge in [0, 0.05) is 53.0 Å². The zero-order valence-corrected chi connectivity index (χ0v) is 37.8. The Labute approximate surface area is 363 Å². The summed E-state index contributed by atoms with van der Waals surface area (Å²) in [5, 5.41) is 12.0. The lowest BCUT2D eigenvalue weighted by Crippen LogP contribution is -2.42. The molecule has 61 heavy (non-hydrogen) atoms. The molecule has 0 aromatic heterocycles. The Bertz CT molecular complexity index is 2130. The Kier molecular flexibility index (Phi) is 16.2. The molecule has 2 saturated carbocycles. The molecule has 2 aliphatic carbocycles. The Balaban J connectivity index is 0.000000223. The Morgan fingerprint density at radius 2 is 1.02 bits per heavy atom. The number of amides is 3. The largest absolute Gasteiger partial charge is 0.481 e. The van der Waals surface area contributed by atoms with E-state index in [1.807, 2.05) is 136 Å². The van der Waals surface area contributed by atoms with E-state index in [0.29, 0.717) is 30.3 Å². The van der Waals surface area contributed by atoms with E-state index in [1.165, 1.54) is 16.7 Å². The first-order chi connectivity index (χ1) is 28.6. The van der Waals surface area contributed by atoms with Gasteiger partial charge in [0.15, 0.2) is 0 Å². The van der Waals surface area contributed by atoms with Crippen LogP contribution in [0, 0.1) is 39.5 Å². The fraction of sp³-hybridized carbons (Fsp3) is 0.440. The van der Waals surface area contributed by atoms with Crippen LogP contribution in [0.15, 0.2) is 84.9 Å². The lowest BCUT2D eigenvalue weighted by Gasteiger charge is -2.26. The number of nitrogens with zero attached hydrogens (tertiary/aromatic N) is 2. The van der Waals surface area contributed by atoms with Crippen LogP contribution in [0.1, 0.15) is 91.9 Å². The number of carboxylic acid groups (broad SMARTS) is 1. The van der Waals surface area contributed by atoms with Crippen molar-refractivity contribution >= 4 is 23.7 Å². The second-order valence-corrected chi connectivity index (χ2v) is 17.9. The summed E-state index contributed by atoms with van der Waals surface area (Å²) in [4.78, 5) is 50.6. The van der Waals surface area contributed by atoms with Crippen LogP contribution in [-0.2, 0) is 33.3 Å². The molecule has 6 atom stereocenters. The molecule has 0 bridgehead atoms. The van der Waals surface area contributed by atoms with Gasteiger partial charge in [-0.25, -0.2) is 0 Å². The molecule has 328 valence electrons. The van der Waals surface area contributed by atoms with Crippen molar-refractivity contribution in [2.75, 3.05) is 41.3 Å². The summed E-state index contributed by atoms with van der Waals surface area (Å²) in [5.41, 5.74) is 26.6. The highest BCUT2D eigenvalue weighted by Crippen LogP contribution is 2.54. The van der Waals surface area contributed by atoms with E-state index in [1.54, 1.807) is 0 Å². The quantitative estimate of drug-likeness (QED) is 0.0988. The van der Waals surface area contributed by atoms with Crippen molar-refractivity contribution in [3.63, 3.8) is 0 Å². The van der Waals surface area contributed by atoms with Crippen LogP contribution in [0.2, 0.25) is 0 Å². The number of carbonyl (C=O) groups is 4. The number of primary amides is 2. The Morgan fingerprint density at radius 1 is 0.656 bits per heavy atom. The number of hydrogen-bond donors (Lipinski definition) is 5. The van der Waals surface area contributed by atoms with E-state index < -0.39 is 11.9 Å². The number of likely N-dealkylation sites (N-methyl/N-ethyl adjacent to an activating group) is 2. The highest BCUT2D eigenvalue weighted by atomic mass is 16.4. The lowest BCUT2D eigenvalue weighted by atomic mass is 9.93. The number of nitrogens with two attached hydrogens (primary N) is 3. The minimum Gasteiger partial charge on any atom is -0.481 e. The monoisotopic (exact) mass is 833 g/mol. The highest BCUT2D eigenvalue weighted by molar-refractivity contribution is 5.94. The van der Waals surface area contributed by atoms with Crippen molar-refractivity contribution in [3.8, 4) is 0 Å². The first kappa shape index (κ1) is 48.3. The second-order valence-electron chi connectivity index (χ2n) is 17.9. The Hall–Kier alpha value is -5.36. The number of aliphatic carboxylic acids is 1. The van der Waals surface area contributed by atoms with E-state index in [-0.39, 0.29) is 40.5 Å². The third kappa shape index (κ3) is 12.1. The molecular weight excluding hydrogens is 765 g/mol. The number of carbonyl (C=O) groups excluding carboxylic acids is 3. The number of hydrogen-bond acceptors (Lipinski definition) is 7. The molecule has 4 aromatic rings. The fourth-order valence-corrected chi connectivity index (χ4v) is 8.39. The molecule has 2 fully saturated rings. The van der Waals surface area contributed by atoms with Crippen molar-refractivity contribution in [2.45, 2.75) is 90.1 Å². The molecule has 0 spiro atoms. The Morgan fingerprint density at radius 3 is 1.34 bits per heavy atom. The van der Waals surface area contributed by atoms with Crippen LogP contribution in [0.4, 0.5) is 0 Å². The minimum atomic E-state index is -0.675. The molecule has 4 aromatic carbocycles. The maximum Gasteiger partial charge on any atom is 0.307 e. The van der Waals surface area contributed by atoms with Crippen molar-refractivity contribution in [1.82, 2.24) is 15.1 Å². The standard InChI is InChI=1S/C25H33N3O2.C14H23N3O.C11H12O2/c1-16-11-18(23(26)29)12-17(2)21(16)13-20(28(4)5)15-27-24(30)22-14-25(22,3)19-9-7-6-8-10-19;1-9-5-11(14(16)18)6-10(2)13(9)7-12(8-15)17(3)4;1-11(7-9(11)10(12)13)8-5-3-2-4-6-8/h6-12,20,22H,13-15H2,1-5H3,(H2,26,29)(H,27,30);5-6,12H,7-8,15H2,1-4H3,(H2,16,18);2-6,9H,7H2,1H3,(H,12,13)/t20-,22-,25-;12-;9-,11-/m000/s1. The zero-order valence-electron chi connectivity index (χ0n) is 37.8. The van der Waals surface area contributed by atoms with Crippen LogP contribution >= 0.6 is 0 Å². The first-order valence-electron chi connectivity index (χ1n) is 21.1. The summed E-state index contributed by atoms with van der Waals surface area (Å²) < 4.78 is 0. The number of rotatable bonds is 15. The summed E-state index contributed by atoms with van der Waals surface area (Å²) in [6.07, 6.45) is 3.35. The molecule has 0 aliphatic heterocycles. The van der Waals surface area contributed by atoms with Gasteiger partial charge in [-0.3, -0.25) is 19.2 Å². The van der Waals surface area contributed by atoms with Crippen molar-refractivity contribution < 1.29 is 24.3 Å². The van der Waals surface area contributed by atoms with Gasteiger partial charge in [-0.05, 0) is 150 Å². The average molecular weight is 833 g/mol. The van der Waals surface area contributed by atoms with Crippen LogP contribution < -0.4 is 22.5 Å². The SMILES string of the molecule is C[C@@]1(c2ccccc2)C[C@H]1C(=O)O.Cc1cc(C(N)=O)cc(C)c1C[C@@H](CN)N(C)C.Cc1cc(C(N)=O)cc(C)c1C[C@@H](CNC(=O)[C@@H]1C[C@@]1(C)c1ccccc1)N(C)C. The summed E-state index contributed by atoms with van der Waals surface area (Å²) in [7, 11) is 8.12. The molecule has 0 unspecified atom stereocenters. The molecule has 0 saturated heterocycles. The smallest absolute Gasteiger partial charge is 0.307 e. The van der Waals surface area contributed by atoms with Crippen molar-refractivity contribution in [3.05, 3.63) is 141 Å². The third-order valence-electron chi connectivity index (χ3n) is 13.0. The molecule has 6 rings (SSSR count). The predicted molar refractivity (Wildman–Crippen MR) is 245 cm³/mol. The van der Waals surface area contributed by atoms with Crippen LogP contribution in [0.3, 0.4) is 0 Å². The zero-order chi connectivity index (χ0) is 45.4. The van der Waals surface area contributed by atoms with Gasteiger partial charge < -0.3 is 37.4 Å². The van der Waals surface area contributed by atoms with Crippen molar-refractivity contribution in [1.29, 1.82) is 0 Å². The third-order valence-corrected chi connectivity index (χ3v) is 13.0. The molecular formula is C50H68N6O5. The van der Waals surface area contributed by atoms with Gasteiger partial charge in [0.2, 0.25) is 17.7 Å². The number of aryl methyl sites for hydroxylation is 4. The number of carboxylic acids is 1. The average Bonchev–Trinajstić information content (AvgIpc) is 4.12. The normalized spacial score (nSPS) is 20.9. The van der Waals surface area contributed by atoms with Gasteiger partial charge in [-0.2, -0.15) is 0 Å². The van der Waals surface area contributed by atoms with Crippen LogP contribution in [0.5, 0.6) is 0 Å². The molecule has 11 heteroatoms. The van der Waals surface area contributed by atoms with Crippen LogP contribution in [0.25, 0.3) is 0 Å². The first-order valence-corrected chi connectivity index (χ1v) is 21.1. The lowest BCUT2D eigenvalue weighted by molar-refractivity contribution is -0.139. The number of benzene rings is 4. The fourth-order valence-electron chi connectivity index (χ4n) is 8.39. The van der Waals surface area contributed by atoms with Gasteiger partial charge >= 0.3 is 5.97 Å². The molecule has 11 nitrogen and oxygen atoms in total. The van der Waals surface area contributed by atoms with E-state index in [0.717, 1.165) is 53.5 Å². The summed E-state index contributed by atoms with van der Waals surface area (Å²) in [5.74, 6) is -1.49. The molecule has 0 radical (unpaired) electrons. The molecule has 8 N–H and O–H groups in total. The van der Waals surface area contributed by atoms with E-state index in [4.69, 9.17) is 22.3 Å². The molecule has 3 amide bonds. The van der Waals surface area contributed by atoms with Gasteiger partial charge in [-0.15, -0.1) is 0 Å². The topological polar surface area (TPSA) is 185 Å². The van der Waals surface area contributed by atoms with E-state index in [9.17, 15) is 19.2 Å². The van der Waals surface area contributed by atoms with Gasteiger partial charge in [0.05, 0.1) is 5.92 Å². The molecule has 0 heterocycles. The predicted octanol–water partition coefficient (Wildman–Crippen LogP) is 5.85. The summed E-state index contributed by atoms with van der Waals surface area (Å²) in [6, 6.07) is 28.0. The van der Waals surface area contributed by atoms with E-state index in [2.05, 4.69) is 34.2 Å². The maximum atomic E-state index is 12.8. The van der Waals surface area contributed by atoms with Crippen molar-refractivity contribution in [2.24, 2.45) is 29.0 Å². The maximum absolute atomic E-state index is 12.8. The molecule has 2 aliphatic rings. The van der Waals surface area contributed by atoms with E-state index >= 15 is 0 Å². The summed E-state index contributed by atoms with van der Waals surface area (Å²) >= 11 is 0. The van der Waals surface area contributed by atoms with Gasteiger partial charge in [0.1, 0.15) is 0 Å². The van der Waals surface area contributed by atoms with Gasteiger partial charge in [-0.1, -0.05) is 74.5 Å². The van der Waals surface area contributed by atoms with Crippen LogP contribution in [-0.4, -0.2) is 92.0 Å².